The van der Waals surface area contributed by atoms with E-state index in [1.165, 1.54) is 6.33 Å². The molecule has 0 aliphatic carbocycles. The van der Waals surface area contributed by atoms with E-state index in [1.807, 2.05) is 7.05 Å². The lowest BCUT2D eigenvalue weighted by atomic mass is 9.88. The van der Waals surface area contributed by atoms with Gasteiger partial charge in [-0.05, 0) is 19.4 Å². The summed E-state index contributed by atoms with van der Waals surface area (Å²) < 4.78 is 1.73. The molecule has 1 fully saturated rings. The lowest BCUT2D eigenvalue weighted by molar-refractivity contribution is -0.123. The van der Waals surface area contributed by atoms with Crippen LogP contribution in [0.4, 0.5) is 0 Å². The Labute approximate surface area is 94.2 Å². The van der Waals surface area contributed by atoms with Crippen LogP contribution in [-0.2, 0) is 18.3 Å². The molecule has 16 heavy (non-hydrogen) atoms. The normalized spacial score (nSPS) is 25.6. The fraction of sp³-hybridized carbons (Fsp3) is 0.700. The number of rotatable bonds is 3. The van der Waals surface area contributed by atoms with E-state index in [-0.39, 0.29) is 17.9 Å². The Kier molecular flexibility index (Phi) is 3.19. The van der Waals surface area contributed by atoms with Crippen LogP contribution in [0.25, 0.3) is 0 Å². The molecule has 2 rings (SSSR count). The lowest BCUT2D eigenvalue weighted by Crippen LogP contribution is -2.48. The van der Waals surface area contributed by atoms with Gasteiger partial charge in [-0.25, -0.2) is 4.98 Å². The van der Waals surface area contributed by atoms with Gasteiger partial charge in [0.05, 0.1) is 5.92 Å². The summed E-state index contributed by atoms with van der Waals surface area (Å²) in [5, 5.41) is 7.35. The first-order valence-corrected chi connectivity index (χ1v) is 5.54. The lowest BCUT2D eigenvalue weighted by Gasteiger charge is -2.30. The number of carbonyl (C=O) groups excluding carboxylic acids is 1. The molecule has 0 bridgehead atoms. The number of primary amides is 1. The van der Waals surface area contributed by atoms with Crippen molar-refractivity contribution in [3.8, 4) is 0 Å². The largest absolute Gasteiger partial charge is 0.369 e. The maximum atomic E-state index is 11.3. The third-order valence-electron chi connectivity index (χ3n) is 3.16. The van der Waals surface area contributed by atoms with Crippen molar-refractivity contribution in [3.63, 3.8) is 0 Å². The number of aryl methyl sites for hydroxylation is 1. The summed E-state index contributed by atoms with van der Waals surface area (Å²) in [4.78, 5) is 15.5. The second-order valence-electron chi connectivity index (χ2n) is 4.22. The topological polar surface area (TPSA) is 85.8 Å². The minimum Gasteiger partial charge on any atom is -0.369 e. The van der Waals surface area contributed by atoms with E-state index in [0.717, 1.165) is 25.2 Å². The van der Waals surface area contributed by atoms with Crippen LogP contribution in [0, 0.1) is 5.92 Å². The summed E-state index contributed by atoms with van der Waals surface area (Å²) >= 11 is 0. The number of nitrogens with zero attached hydrogens (tertiary/aromatic N) is 3. The van der Waals surface area contributed by atoms with Crippen LogP contribution in [0.1, 0.15) is 18.7 Å². The average molecular weight is 223 g/mol. The van der Waals surface area contributed by atoms with Gasteiger partial charge >= 0.3 is 0 Å². The molecular formula is C10H17N5O. The number of nitrogens with one attached hydrogen (secondary N) is 1. The van der Waals surface area contributed by atoms with Crippen LogP contribution in [-0.4, -0.2) is 33.3 Å². The number of hydrogen-bond donors (Lipinski definition) is 2. The van der Waals surface area contributed by atoms with Crippen molar-refractivity contribution in [1.29, 1.82) is 0 Å². The van der Waals surface area contributed by atoms with Crippen molar-refractivity contribution in [2.75, 3.05) is 6.54 Å². The number of aromatic nitrogens is 3. The monoisotopic (exact) mass is 223 g/mol. The third kappa shape index (κ3) is 2.21. The highest BCUT2D eigenvalue weighted by atomic mass is 16.1. The summed E-state index contributed by atoms with van der Waals surface area (Å²) in [6.45, 7) is 0.937. The van der Waals surface area contributed by atoms with E-state index >= 15 is 0 Å². The molecule has 0 aromatic carbocycles. The van der Waals surface area contributed by atoms with Gasteiger partial charge in [0.25, 0.3) is 0 Å². The molecule has 1 aliphatic heterocycles. The van der Waals surface area contributed by atoms with E-state index in [0.29, 0.717) is 6.42 Å². The van der Waals surface area contributed by atoms with Gasteiger partial charge in [0, 0.05) is 19.5 Å². The summed E-state index contributed by atoms with van der Waals surface area (Å²) in [6.07, 6.45) is 4.09. The van der Waals surface area contributed by atoms with Gasteiger partial charge in [-0.1, -0.05) is 0 Å². The molecule has 1 aromatic heterocycles. The zero-order valence-corrected chi connectivity index (χ0v) is 9.39. The molecule has 2 atom stereocenters. The molecule has 1 aromatic rings. The third-order valence-corrected chi connectivity index (χ3v) is 3.16. The highest BCUT2D eigenvalue weighted by Crippen LogP contribution is 2.18. The molecule has 0 radical (unpaired) electrons. The van der Waals surface area contributed by atoms with Crippen molar-refractivity contribution >= 4 is 5.91 Å². The Hall–Kier alpha value is -1.43. The van der Waals surface area contributed by atoms with Crippen LogP contribution < -0.4 is 11.1 Å². The van der Waals surface area contributed by atoms with Crippen LogP contribution >= 0.6 is 0 Å². The standard InChI is InChI=1S/C10H17N5O/c1-15-9(13-6-14-15)5-8-7(10(11)16)3-2-4-12-8/h6-8,12H,2-5H2,1H3,(H2,11,16). The zero-order chi connectivity index (χ0) is 11.5. The molecule has 6 nitrogen and oxygen atoms in total. The van der Waals surface area contributed by atoms with Gasteiger partial charge in [0.15, 0.2) is 0 Å². The number of nitrogens with two attached hydrogens (primary N) is 1. The summed E-state index contributed by atoms with van der Waals surface area (Å²) in [5.74, 6) is 0.565. The quantitative estimate of drug-likeness (QED) is 0.703. The molecule has 2 unspecified atom stereocenters. The minimum absolute atomic E-state index is 0.0918. The first-order chi connectivity index (χ1) is 7.68. The van der Waals surface area contributed by atoms with Crippen molar-refractivity contribution in [2.45, 2.75) is 25.3 Å². The molecule has 3 N–H and O–H groups in total. The van der Waals surface area contributed by atoms with Crippen molar-refractivity contribution < 1.29 is 4.79 Å². The summed E-state index contributed by atoms with van der Waals surface area (Å²) in [5.41, 5.74) is 5.40. The fourth-order valence-corrected chi connectivity index (χ4v) is 2.21. The molecule has 1 amide bonds. The SMILES string of the molecule is Cn1ncnc1CC1NCCCC1C(N)=O. The second-order valence-corrected chi connectivity index (χ2v) is 4.22. The maximum Gasteiger partial charge on any atom is 0.222 e. The Morgan fingerprint density at radius 3 is 3.19 bits per heavy atom. The molecule has 0 saturated carbocycles. The fourth-order valence-electron chi connectivity index (χ4n) is 2.21. The van der Waals surface area contributed by atoms with E-state index < -0.39 is 0 Å². The molecule has 1 saturated heterocycles. The van der Waals surface area contributed by atoms with Crippen LogP contribution in [0.3, 0.4) is 0 Å². The number of amides is 1. The predicted octanol–water partition coefficient (Wildman–Crippen LogP) is -0.789. The minimum atomic E-state index is -0.223. The number of carbonyl (C=O) groups is 1. The van der Waals surface area contributed by atoms with Gasteiger partial charge in [-0.3, -0.25) is 9.48 Å². The van der Waals surface area contributed by atoms with E-state index in [2.05, 4.69) is 15.4 Å². The molecule has 1 aliphatic rings. The van der Waals surface area contributed by atoms with Gasteiger partial charge in [-0.2, -0.15) is 5.10 Å². The predicted molar refractivity (Wildman–Crippen MR) is 58.4 cm³/mol. The zero-order valence-electron chi connectivity index (χ0n) is 9.39. The van der Waals surface area contributed by atoms with Gasteiger partial charge in [-0.15, -0.1) is 0 Å². The van der Waals surface area contributed by atoms with E-state index in [9.17, 15) is 4.79 Å². The van der Waals surface area contributed by atoms with Crippen molar-refractivity contribution in [2.24, 2.45) is 18.7 Å². The van der Waals surface area contributed by atoms with Crippen molar-refractivity contribution in [3.05, 3.63) is 12.2 Å². The first-order valence-electron chi connectivity index (χ1n) is 5.54. The molecule has 6 heteroatoms. The van der Waals surface area contributed by atoms with Crippen molar-refractivity contribution in [1.82, 2.24) is 20.1 Å². The smallest absolute Gasteiger partial charge is 0.222 e. The number of piperidine rings is 1. The van der Waals surface area contributed by atoms with Gasteiger partial charge in [0.2, 0.25) is 5.91 Å². The van der Waals surface area contributed by atoms with Crippen LogP contribution in [0.5, 0.6) is 0 Å². The van der Waals surface area contributed by atoms with E-state index in [1.54, 1.807) is 4.68 Å². The highest BCUT2D eigenvalue weighted by molar-refractivity contribution is 5.77. The average Bonchev–Trinajstić information content (AvgIpc) is 2.65. The molecule has 2 heterocycles. The highest BCUT2D eigenvalue weighted by Gasteiger charge is 2.29. The first kappa shape index (κ1) is 11.1. The maximum absolute atomic E-state index is 11.3. The molecular weight excluding hydrogens is 206 g/mol. The Bertz CT molecular complexity index is 375. The Morgan fingerprint density at radius 1 is 1.75 bits per heavy atom. The molecule has 88 valence electrons. The van der Waals surface area contributed by atoms with Crippen LogP contribution in [0.15, 0.2) is 6.33 Å². The van der Waals surface area contributed by atoms with Gasteiger partial charge < -0.3 is 11.1 Å². The number of hydrogen-bond acceptors (Lipinski definition) is 4. The second kappa shape index (κ2) is 4.61. The van der Waals surface area contributed by atoms with Crippen LogP contribution in [0.2, 0.25) is 0 Å². The molecule has 0 spiro atoms. The summed E-state index contributed by atoms with van der Waals surface area (Å²) in [7, 11) is 1.85. The summed E-state index contributed by atoms with van der Waals surface area (Å²) in [6, 6.07) is 0.0918. The van der Waals surface area contributed by atoms with E-state index in [4.69, 9.17) is 5.73 Å². The Balaban J connectivity index is 2.07. The van der Waals surface area contributed by atoms with Gasteiger partial charge in [0.1, 0.15) is 12.2 Å². The Morgan fingerprint density at radius 2 is 2.56 bits per heavy atom.